The molecule has 1 aromatic carbocycles. The Labute approximate surface area is 109 Å². The van der Waals surface area contributed by atoms with Gasteiger partial charge in [-0.1, -0.05) is 44.5 Å². The van der Waals surface area contributed by atoms with Crippen LogP contribution in [0, 0.1) is 5.41 Å². The van der Waals surface area contributed by atoms with Gasteiger partial charge in [-0.25, -0.2) is 0 Å². The molecule has 3 heteroatoms. The van der Waals surface area contributed by atoms with E-state index in [0.29, 0.717) is 17.1 Å². The molecule has 0 aliphatic heterocycles. The second-order valence-electron chi connectivity index (χ2n) is 5.64. The van der Waals surface area contributed by atoms with Crippen LogP contribution < -0.4 is 0 Å². The molecule has 0 heterocycles. The number of carbonyl (C=O) groups is 1. The molecule has 0 aromatic heterocycles. The molecular weight excluding hydrogens is 234 g/mol. The van der Waals surface area contributed by atoms with Crippen molar-refractivity contribution in [3.05, 3.63) is 34.9 Å². The summed E-state index contributed by atoms with van der Waals surface area (Å²) >= 11 is 6.00. The summed E-state index contributed by atoms with van der Waals surface area (Å²) < 4.78 is 0. The largest absolute Gasteiger partial charge is 0.298 e. The summed E-state index contributed by atoms with van der Waals surface area (Å²) in [4.78, 5) is 14.1. The highest BCUT2D eigenvalue weighted by atomic mass is 35.5. The predicted octanol–water partition coefficient (Wildman–Crippen LogP) is 3.50. The van der Waals surface area contributed by atoms with Crippen molar-refractivity contribution < 1.29 is 4.79 Å². The molecule has 0 fully saturated rings. The van der Waals surface area contributed by atoms with Gasteiger partial charge in [-0.05, 0) is 24.6 Å². The first-order valence-corrected chi connectivity index (χ1v) is 6.14. The molecule has 0 aliphatic rings. The minimum atomic E-state index is 0.0716. The van der Waals surface area contributed by atoms with Crippen LogP contribution in [0.2, 0.25) is 5.02 Å². The van der Waals surface area contributed by atoms with Crippen LogP contribution in [-0.2, 0) is 0 Å². The first kappa shape index (κ1) is 14.2. The SMILES string of the molecule is CN(CC(=O)c1ccccc1Cl)CC(C)(C)C. The van der Waals surface area contributed by atoms with Crippen molar-refractivity contribution in [3.8, 4) is 0 Å². The lowest BCUT2D eigenvalue weighted by Crippen LogP contribution is -2.33. The smallest absolute Gasteiger partial charge is 0.178 e. The van der Waals surface area contributed by atoms with E-state index in [1.54, 1.807) is 12.1 Å². The van der Waals surface area contributed by atoms with Crippen molar-refractivity contribution in [2.24, 2.45) is 5.41 Å². The molecule has 94 valence electrons. The van der Waals surface area contributed by atoms with E-state index in [1.165, 1.54) is 0 Å². The van der Waals surface area contributed by atoms with E-state index in [1.807, 2.05) is 24.1 Å². The van der Waals surface area contributed by atoms with Crippen LogP contribution in [0.15, 0.2) is 24.3 Å². The first-order valence-electron chi connectivity index (χ1n) is 5.76. The second-order valence-corrected chi connectivity index (χ2v) is 6.04. The lowest BCUT2D eigenvalue weighted by molar-refractivity contribution is 0.0927. The molecule has 0 saturated heterocycles. The van der Waals surface area contributed by atoms with Crippen molar-refractivity contribution in [1.29, 1.82) is 0 Å². The maximum Gasteiger partial charge on any atom is 0.178 e. The van der Waals surface area contributed by atoms with Crippen LogP contribution in [0.25, 0.3) is 0 Å². The molecule has 0 N–H and O–H groups in total. The fourth-order valence-corrected chi connectivity index (χ4v) is 2.12. The second kappa shape index (κ2) is 5.65. The van der Waals surface area contributed by atoms with E-state index in [2.05, 4.69) is 20.8 Å². The summed E-state index contributed by atoms with van der Waals surface area (Å²) in [5.74, 6) is 0.0716. The van der Waals surface area contributed by atoms with Gasteiger partial charge in [0, 0.05) is 12.1 Å². The normalized spacial score (nSPS) is 11.9. The Hall–Kier alpha value is -0.860. The summed E-state index contributed by atoms with van der Waals surface area (Å²) in [6, 6.07) is 7.19. The van der Waals surface area contributed by atoms with Crippen LogP contribution in [-0.4, -0.2) is 30.8 Å². The van der Waals surface area contributed by atoms with Gasteiger partial charge in [-0.3, -0.25) is 9.69 Å². The number of nitrogens with zero attached hydrogens (tertiary/aromatic N) is 1. The van der Waals surface area contributed by atoms with Crippen molar-refractivity contribution in [2.45, 2.75) is 20.8 Å². The number of likely N-dealkylation sites (N-methyl/N-ethyl adjacent to an activating group) is 1. The van der Waals surface area contributed by atoms with Crippen LogP contribution in [0.4, 0.5) is 0 Å². The van der Waals surface area contributed by atoms with E-state index in [0.717, 1.165) is 6.54 Å². The zero-order valence-corrected chi connectivity index (χ0v) is 11.7. The molecule has 0 aliphatic carbocycles. The van der Waals surface area contributed by atoms with E-state index in [9.17, 15) is 4.79 Å². The van der Waals surface area contributed by atoms with E-state index in [-0.39, 0.29) is 11.2 Å². The van der Waals surface area contributed by atoms with Crippen LogP contribution in [0.3, 0.4) is 0 Å². The number of ketones is 1. The van der Waals surface area contributed by atoms with Crippen molar-refractivity contribution in [3.63, 3.8) is 0 Å². The van der Waals surface area contributed by atoms with E-state index < -0.39 is 0 Å². The van der Waals surface area contributed by atoms with Crippen LogP contribution >= 0.6 is 11.6 Å². The van der Waals surface area contributed by atoms with Crippen LogP contribution in [0.5, 0.6) is 0 Å². The van der Waals surface area contributed by atoms with Crippen molar-refractivity contribution in [1.82, 2.24) is 4.90 Å². The molecule has 17 heavy (non-hydrogen) atoms. The Balaban J connectivity index is 2.64. The Bertz CT molecular complexity index is 395. The molecule has 1 rings (SSSR count). The number of benzene rings is 1. The molecule has 0 bridgehead atoms. The highest BCUT2D eigenvalue weighted by molar-refractivity contribution is 6.34. The van der Waals surface area contributed by atoms with Gasteiger partial charge >= 0.3 is 0 Å². The number of hydrogen-bond donors (Lipinski definition) is 0. The number of halogens is 1. The van der Waals surface area contributed by atoms with Gasteiger partial charge < -0.3 is 0 Å². The number of hydrogen-bond acceptors (Lipinski definition) is 2. The summed E-state index contributed by atoms with van der Waals surface area (Å²) in [7, 11) is 1.96. The Morgan fingerprint density at radius 1 is 1.29 bits per heavy atom. The topological polar surface area (TPSA) is 20.3 Å². The van der Waals surface area contributed by atoms with Crippen molar-refractivity contribution in [2.75, 3.05) is 20.1 Å². The Morgan fingerprint density at radius 3 is 2.41 bits per heavy atom. The Kier molecular flexibility index (Phi) is 4.72. The number of Topliss-reactive ketones (excluding diaryl/α,β-unsaturated/α-hetero) is 1. The lowest BCUT2D eigenvalue weighted by atomic mass is 9.96. The fourth-order valence-electron chi connectivity index (χ4n) is 1.88. The maximum absolute atomic E-state index is 12.0. The van der Waals surface area contributed by atoms with E-state index in [4.69, 9.17) is 11.6 Å². The quantitative estimate of drug-likeness (QED) is 0.766. The van der Waals surface area contributed by atoms with Gasteiger partial charge in [-0.2, -0.15) is 0 Å². The Morgan fingerprint density at radius 2 is 1.88 bits per heavy atom. The molecule has 0 atom stereocenters. The van der Waals surface area contributed by atoms with Gasteiger partial charge in [0.2, 0.25) is 0 Å². The zero-order chi connectivity index (χ0) is 13.1. The first-order chi connectivity index (χ1) is 7.79. The molecule has 2 nitrogen and oxygen atoms in total. The average Bonchev–Trinajstić information content (AvgIpc) is 2.14. The van der Waals surface area contributed by atoms with Crippen molar-refractivity contribution >= 4 is 17.4 Å². The number of rotatable bonds is 4. The predicted molar refractivity (Wildman–Crippen MR) is 72.7 cm³/mol. The third-order valence-electron chi connectivity index (χ3n) is 2.33. The monoisotopic (exact) mass is 253 g/mol. The molecule has 0 unspecified atom stereocenters. The minimum Gasteiger partial charge on any atom is -0.298 e. The zero-order valence-electron chi connectivity index (χ0n) is 11.0. The third kappa shape index (κ3) is 4.88. The molecule has 1 aromatic rings. The lowest BCUT2D eigenvalue weighted by Gasteiger charge is -2.25. The standard InChI is InChI=1S/C14H20ClNO/c1-14(2,3)10-16(4)9-13(17)11-7-5-6-8-12(11)15/h5-8H,9-10H2,1-4H3. The van der Waals surface area contributed by atoms with Gasteiger partial charge in [0.1, 0.15) is 0 Å². The molecule has 0 radical (unpaired) electrons. The third-order valence-corrected chi connectivity index (χ3v) is 2.66. The molecule has 0 amide bonds. The summed E-state index contributed by atoms with van der Waals surface area (Å²) in [6.07, 6.45) is 0. The summed E-state index contributed by atoms with van der Waals surface area (Å²) in [5.41, 5.74) is 0.796. The minimum absolute atomic E-state index is 0.0716. The van der Waals surface area contributed by atoms with Crippen LogP contribution in [0.1, 0.15) is 31.1 Å². The molecular formula is C14H20ClNO. The van der Waals surface area contributed by atoms with Gasteiger partial charge in [0.05, 0.1) is 11.6 Å². The maximum atomic E-state index is 12.0. The van der Waals surface area contributed by atoms with Gasteiger partial charge in [-0.15, -0.1) is 0 Å². The highest BCUT2D eigenvalue weighted by Gasteiger charge is 2.17. The molecule has 0 saturated carbocycles. The fraction of sp³-hybridized carbons (Fsp3) is 0.500. The van der Waals surface area contributed by atoms with E-state index >= 15 is 0 Å². The summed E-state index contributed by atoms with van der Waals surface area (Å²) in [5, 5.41) is 0.529. The van der Waals surface area contributed by atoms with Gasteiger partial charge in [0.25, 0.3) is 0 Å². The molecule has 0 spiro atoms. The summed E-state index contributed by atoms with van der Waals surface area (Å²) in [6.45, 7) is 7.75. The number of carbonyl (C=O) groups excluding carboxylic acids is 1. The average molecular weight is 254 g/mol. The highest BCUT2D eigenvalue weighted by Crippen LogP contribution is 2.17. The van der Waals surface area contributed by atoms with Gasteiger partial charge in [0.15, 0.2) is 5.78 Å².